The van der Waals surface area contributed by atoms with Crippen LogP contribution in [0.4, 0.5) is 0 Å². The number of aryl methyl sites for hydroxylation is 1. The predicted molar refractivity (Wildman–Crippen MR) is 125 cm³/mol. The minimum atomic E-state index is -0.868. The summed E-state index contributed by atoms with van der Waals surface area (Å²) in [5.41, 5.74) is 0.727. The molecule has 9 heteroatoms. The maximum absolute atomic E-state index is 12.9. The Hall–Kier alpha value is -4.01. The van der Waals surface area contributed by atoms with E-state index in [2.05, 4.69) is 10.3 Å². The average Bonchev–Trinajstić information content (AvgIpc) is 2.82. The van der Waals surface area contributed by atoms with Crippen LogP contribution >= 0.6 is 0 Å². The third-order valence-corrected chi connectivity index (χ3v) is 5.42. The molecule has 180 valence electrons. The van der Waals surface area contributed by atoms with Crippen LogP contribution in [-0.4, -0.2) is 43.9 Å². The summed E-state index contributed by atoms with van der Waals surface area (Å²) in [6.45, 7) is 1.95. The summed E-state index contributed by atoms with van der Waals surface area (Å²) in [5.74, 6) is -0.171. The first kappa shape index (κ1) is 24.6. The highest BCUT2D eigenvalue weighted by atomic mass is 16.5. The predicted octanol–water partition coefficient (Wildman–Crippen LogP) is 2.96. The van der Waals surface area contributed by atoms with Gasteiger partial charge in [0.05, 0.1) is 26.9 Å². The first-order valence-electron chi connectivity index (χ1n) is 10.7. The van der Waals surface area contributed by atoms with Crippen LogP contribution in [-0.2, 0) is 11.2 Å². The Balaban J connectivity index is 1.98. The van der Waals surface area contributed by atoms with Gasteiger partial charge in [0, 0.05) is 42.9 Å². The molecule has 3 rings (SSSR count). The third kappa shape index (κ3) is 5.48. The van der Waals surface area contributed by atoms with Gasteiger partial charge >= 0.3 is 5.63 Å². The molecule has 2 heterocycles. The van der Waals surface area contributed by atoms with Crippen LogP contribution in [0.15, 0.2) is 51.9 Å². The molecule has 0 spiro atoms. The van der Waals surface area contributed by atoms with Gasteiger partial charge in [-0.25, -0.2) is 4.79 Å². The number of hydrogen-bond donors (Lipinski definition) is 2. The van der Waals surface area contributed by atoms with Gasteiger partial charge in [-0.2, -0.15) is 0 Å². The molecule has 0 saturated heterocycles. The lowest BCUT2D eigenvalue weighted by Gasteiger charge is -2.22. The van der Waals surface area contributed by atoms with Crippen LogP contribution in [0.2, 0.25) is 0 Å². The number of ether oxygens (including phenoxy) is 3. The highest BCUT2D eigenvalue weighted by Crippen LogP contribution is 2.45. The molecule has 3 aromatic rings. The molecule has 0 saturated carbocycles. The van der Waals surface area contributed by atoms with Gasteiger partial charge in [-0.3, -0.25) is 9.78 Å². The number of carbonyl (C=O) groups excluding carboxylic acids is 1. The molecule has 2 N–H and O–H groups in total. The molecule has 0 unspecified atom stereocenters. The van der Waals surface area contributed by atoms with Crippen molar-refractivity contribution in [1.29, 1.82) is 0 Å². The minimum absolute atomic E-state index is 0.0413. The molecular formula is C25H28N2O7. The van der Waals surface area contributed by atoms with Crippen LogP contribution in [0.3, 0.4) is 0 Å². The first-order valence-corrected chi connectivity index (χ1v) is 10.7. The Kier molecular flexibility index (Phi) is 8.13. The fraction of sp³-hybridized carbons (Fsp3) is 0.320. The summed E-state index contributed by atoms with van der Waals surface area (Å²) in [6.07, 6.45) is 3.87. The van der Waals surface area contributed by atoms with E-state index in [0.717, 1.165) is 5.56 Å². The van der Waals surface area contributed by atoms with Gasteiger partial charge in [0.1, 0.15) is 11.5 Å². The average molecular weight is 469 g/mol. The monoisotopic (exact) mass is 468 g/mol. The minimum Gasteiger partial charge on any atom is -0.507 e. The molecule has 0 aliphatic rings. The van der Waals surface area contributed by atoms with E-state index in [1.165, 1.54) is 27.4 Å². The van der Waals surface area contributed by atoms with E-state index in [4.69, 9.17) is 18.6 Å². The van der Waals surface area contributed by atoms with Gasteiger partial charge in [-0.05, 0) is 37.1 Å². The first-order chi connectivity index (χ1) is 16.4. The number of amides is 1. The summed E-state index contributed by atoms with van der Waals surface area (Å²) < 4.78 is 21.6. The van der Waals surface area contributed by atoms with Crippen molar-refractivity contribution in [2.75, 3.05) is 27.9 Å². The second-order valence-corrected chi connectivity index (χ2v) is 7.58. The molecule has 0 aliphatic carbocycles. The van der Waals surface area contributed by atoms with Crippen molar-refractivity contribution in [2.24, 2.45) is 0 Å². The van der Waals surface area contributed by atoms with Crippen molar-refractivity contribution in [3.63, 3.8) is 0 Å². The van der Waals surface area contributed by atoms with E-state index < -0.39 is 11.5 Å². The Labute approximate surface area is 197 Å². The van der Waals surface area contributed by atoms with E-state index in [1.807, 2.05) is 12.1 Å². The fourth-order valence-corrected chi connectivity index (χ4v) is 3.85. The topological polar surface area (TPSA) is 120 Å². The van der Waals surface area contributed by atoms with E-state index >= 15 is 0 Å². The second-order valence-electron chi connectivity index (χ2n) is 7.58. The number of rotatable bonds is 10. The van der Waals surface area contributed by atoms with E-state index in [9.17, 15) is 14.7 Å². The van der Waals surface area contributed by atoms with Gasteiger partial charge in [-0.15, -0.1) is 0 Å². The third-order valence-electron chi connectivity index (χ3n) is 5.42. The number of methoxy groups -OCH3 is 3. The number of nitrogens with zero attached hydrogens (tertiary/aromatic N) is 1. The van der Waals surface area contributed by atoms with Crippen LogP contribution in [0.5, 0.6) is 23.0 Å². The second kappa shape index (κ2) is 11.2. The Bertz CT molecular complexity index is 1190. The van der Waals surface area contributed by atoms with E-state index in [-0.39, 0.29) is 35.2 Å². The lowest BCUT2D eigenvalue weighted by Crippen LogP contribution is -2.29. The van der Waals surface area contributed by atoms with Crippen LogP contribution < -0.4 is 25.2 Å². The molecule has 34 heavy (non-hydrogen) atoms. The molecule has 0 radical (unpaired) electrons. The normalized spacial score (nSPS) is 11.5. The molecule has 0 fully saturated rings. The number of pyridine rings is 1. The quantitative estimate of drug-likeness (QED) is 0.466. The number of aromatic hydroxyl groups is 1. The van der Waals surface area contributed by atoms with E-state index in [1.54, 1.807) is 31.5 Å². The van der Waals surface area contributed by atoms with E-state index in [0.29, 0.717) is 30.0 Å². The Morgan fingerprint density at radius 3 is 2.41 bits per heavy atom. The fourth-order valence-electron chi connectivity index (χ4n) is 3.85. The zero-order valence-corrected chi connectivity index (χ0v) is 19.6. The molecule has 2 aromatic heterocycles. The summed E-state index contributed by atoms with van der Waals surface area (Å²) in [6, 6.07) is 8.42. The van der Waals surface area contributed by atoms with Crippen molar-refractivity contribution in [3.05, 3.63) is 75.6 Å². The van der Waals surface area contributed by atoms with Gasteiger partial charge < -0.3 is 29.1 Å². The Morgan fingerprint density at radius 1 is 1.09 bits per heavy atom. The maximum atomic E-state index is 12.9. The standard InChI is InChI=1S/C25H28N2O7/c1-15-13-19(28)22(25(30)34-15)18(14-21(29)27-12-9-16-7-10-26-11-8-16)17-5-6-20(31-2)24(33-4)23(17)32-3/h5-8,10-11,13,18,28H,9,12,14H2,1-4H3,(H,27,29)/t18-/m1/s1. The van der Waals surface area contributed by atoms with Gasteiger partial charge in [0.2, 0.25) is 11.7 Å². The molecule has 0 aliphatic heterocycles. The van der Waals surface area contributed by atoms with Crippen molar-refractivity contribution < 1.29 is 28.5 Å². The van der Waals surface area contributed by atoms with Gasteiger partial charge in [0.25, 0.3) is 0 Å². The van der Waals surface area contributed by atoms with Crippen LogP contribution in [0, 0.1) is 6.92 Å². The zero-order valence-electron chi connectivity index (χ0n) is 19.6. The molecule has 1 atom stereocenters. The summed E-state index contributed by atoms with van der Waals surface area (Å²) in [7, 11) is 4.40. The van der Waals surface area contributed by atoms with Crippen LogP contribution in [0.1, 0.15) is 34.8 Å². The molecule has 1 amide bonds. The summed E-state index contributed by atoms with van der Waals surface area (Å²) in [4.78, 5) is 29.7. The molecule has 0 bridgehead atoms. The SMILES string of the molecule is COc1ccc([C@@H](CC(=O)NCCc2ccncc2)c2c(O)cc(C)oc2=O)c(OC)c1OC. The lowest BCUT2D eigenvalue weighted by atomic mass is 9.87. The highest BCUT2D eigenvalue weighted by Gasteiger charge is 2.30. The smallest absolute Gasteiger partial charge is 0.343 e. The summed E-state index contributed by atoms with van der Waals surface area (Å²) in [5, 5.41) is 13.5. The van der Waals surface area contributed by atoms with Crippen molar-refractivity contribution in [2.45, 2.75) is 25.7 Å². The molecule has 1 aromatic carbocycles. The maximum Gasteiger partial charge on any atom is 0.343 e. The molecular weight excluding hydrogens is 440 g/mol. The van der Waals surface area contributed by atoms with Gasteiger partial charge in [-0.1, -0.05) is 6.07 Å². The number of nitrogens with one attached hydrogen (secondary N) is 1. The zero-order chi connectivity index (χ0) is 24.7. The highest BCUT2D eigenvalue weighted by molar-refractivity contribution is 5.78. The molecule has 9 nitrogen and oxygen atoms in total. The van der Waals surface area contributed by atoms with Crippen molar-refractivity contribution >= 4 is 5.91 Å². The number of carbonyl (C=O) groups is 1. The van der Waals surface area contributed by atoms with Gasteiger partial charge in [0.15, 0.2) is 11.5 Å². The van der Waals surface area contributed by atoms with Crippen molar-refractivity contribution in [1.82, 2.24) is 10.3 Å². The number of aromatic nitrogens is 1. The largest absolute Gasteiger partial charge is 0.507 e. The van der Waals surface area contributed by atoms with Crippen molar-refractivity contribution in [3.8, 4) is 23.0 Å². The lowest BCUT2D eigenvalue weighted by molar-refractivity contribution is -0.121. The number of hydrogen-bond acceptors (Lipinski definition) is 8. The van der Waals surface area contributed by atoms with Crippen LogP contribution in [0.25, 0.3) is 0 Å². The number of benzene rings is 1. The summed E-state index contributed by atoms with van der Waals surface area (Å²) >= 11 is 0. The Morgan fingerprint density at radius 2 is 1.79 bits per heavy atom.